The van der Waals surface area contributed by atoms with Crippen LogP contribution in [0.3, 0.4) is 0 Å². The summed E-state index contributed by atoms with van der Waals surface area (Å²) in [6.45, 7) is 2.13. The molecule has 3 heterocycles. The molecule has 10 heteroatoms. The number of ketones is 1. The van der Waals surface area contributed by atoms with Crippen molar-refractivity contribution < 1.29 is 29.0 Å². The van der Waals surface area contributed by atoms with Crippen LogP contribution in [0, 0.1) is 0 Å². The largest absolute Gasteiger partial charge is 0.481 e. The minimum absolute atomic E-state index is 0.0212. The van der Waals surface area contributed by atoms with Crippen molar-refractivity contribution in [3.05, 3.63) is 46.5 Å². The average molecular weight is 513 g/mol. The van der Waals surface area contributed by atoms with Crippen molar-refractivity contribution in [3.63, 3.8) is 0 Å². The third-order valence-corrected chi connectivity index (χ3v) is 6.89. The lowest BCUT2D eigenvalue weighted by atomic mass is 9.98. The summed E-state index contributed by atoms with van der Waals surface area (Å²) in [6, 6.07) is 9.14. The van der Waals surface area contributed by atoms with Gasteiger partial charge in [0.2, 0.25) is 6.79 Å². The molecule has 0 unspecified atom stereocenters. The van der Waals surface area contributed by atoms with Gasteiger partial charge in [0, 0.05) is 24.9 Å². The number of benzene rings is 1. The predicted molar refractivity (Wildman–Crippen MR) is 136 cm³/mol. The number of carboxylic acids is 1. The Kier molecular flexibility index (Phi) is 7.82. The number of carbonyl (C=O) groups excluding carboxylic acids is 2. The van der Waals surface area contributed by atoms with Gasteiger partial charge >= 0.3 is 5.97 Å². The predicted octanol–water partition coefficient (Wildman–Crippen LogP) is 4.46. The molecular weight excluding hydrogens is 488 g/mol. The Morgan fingerprint density at radius 2 is 1.97 bits per heavy atom. The van der Waals surface area contributed by atoms with E-state index >= 15 is 0 Å². The number of aliphatic carboxylic acids is 1. The van der Waals surface area contributed by atoms with Crippen molar-refractivity contribution in [2.75, 3.05) is 13.3 Å². The number of unbranched alkanes of at least 4 members (excludes halogenated alkanes) is 2. The molecule has 1 aromatic carbocycles. The highest BCUT2D eigenvalue weighted by atomic mass is 32.2. The first-order valence-corrected chi connectivity index (χ1v) is 12.4. The van der Waals surface area contributed by atoms with E-state index in [9.17, 15) is 14.4 Å². The van der Waals surface area contributed by atoms with Crippen LogP contribution in [0.25, 0.3) is 17.3 Å². The van der Waals surface area contributed by atoms with E-state index in [-0.39, 0.29) is 31.3 Å². The summed E-state index contributed by atoms with van der Waals surface area (Å²) in [5, 5.41) is 8.74. The van der Waals surface area contributed by atoms with Crippen LogP contribution in [0.5, 0.6) is 11.5 Å². The summed E-state index contributed by atoms with van der Waals surface area (Å²) in [6.07, 6.45) is 4.04. The number of carboxylic acid groups (broad SMARTS) is 1. The molecule has 2 aliphatic rings. The number of aromatic nitrogens is 1. The minimum atomic E-state index is -0.817. The highest BCUT2D eigenvalue weighted by Crippen LogP contribution is 2.39. The van der Waals surface area contributed by atoms with Gasteiger partial charge in [-0.3, -0.25) is 19.3 Å². The number of ether oxygens (including phenoxy) is 2. The second-order valence-electron chi connectivity index (χ2n) is 8.23. The number of amides is 1. The lowest BCUT2D eigenvalue weighted by Gasteiger charge is -2.13. The van der Waals surface area contributed by atoms with Crippen LogP contribution < -0.4 is 9.47 Å². The van der Waals surface area contributed by atoms with Crippen LogP contribution in [0.4, 0.5) is 0 Å². The van der Waals surface area contributed by atoms with Crippen molar-refractivity contribution >= 4 is 52.0 Å². The van der Waals surface area contributed by atoms with E-state index in [1.165, 1.54) is 18.7 Å². The molecule has 4 rings (SSSR count). The number of thioether (sulfide) groups is 1. The fraction of sp³-hybridized carbons (Fsp3) is 0.320. The number of fused-ring (bicyclic) bond motifs is 1. The summed E-state index contributed by atoms with van der Waals surface area (Å²) >= 11 is 6.62. The molecule has 8 nitrogen and oxygen atoms in total. The van der Waals surface area contributed by atoms with Gasteiger partial charge in [0.1, 0.15) is 10.1 Å². The first kappa shape index (κ1) is 24.9. The highest BCUT2D eigenvalue weighted by Gasteiger charge is 2.31. The number of carbonyl (C=O) groups is 3. The first-order valence-electron chi connectivity index (χ1n) is 11.2. The Hall–Kier alpha value is -3.24. The fourth-order valence-electron chi connectivity index (χ4n) is 3.87. The quantitative estimate of drug-likeness (QED) is 0.281. The minimum Gasteiger partial charge on any atom is -0.481 e. The molecule has 1 saturated heterocycles. The number of rotatable bonds is 10. The Morgan fingerprint density at radius 1 is 1.20 bits per heavy atom. The molecule has 0 saturated carbocycles. The molecule has 2 aliphatic heterocycles. The van der Waals surface area contributed by atoms with Crippen LogP contribution in [-0.4, -0.2) is 50.3 Å². The molecule has 0 atom stereocenters. The number of hydrogen-bond donors (Lipinski definition) is 1. The molecule has 0 spiro atoms. The van der Waals surface area contributed by atoms with Crippen molar-refractivity contribution in [3.8, 4) is 22.8 Å². The first-order chi connectivity index (χ1) is 16.8. The maximum Gasteiger partial charge on any atom is 0.303 e. The van der Waals surface area contributed by atoms with Gasteiger partial charge in [-0.2, -0.15) is 0 Å². The highest BCUT2D eigenvalue weighted by molar-refractivity contribution is 8.26. The van der Waals surface area contributed by atoms with Gasteiger partial charge < -0.3 is 14.6 Å². The molecular formula is C25H24N2O6S2. The van der Waals surface area contributed by atoms with E-state index < -0.39 is 5.97 Å². The summed E-state index contributed by atoms with van der Waals surface area (Å²) in [5.41, 5.74) is 2.81. The van der Waals surface area contributed by atoms with Gasteiger partial charge in [-0.25, -0.2) is 4.98 Å². The van der Waals surface area contributed by atoms with Gasteiger partial charge in [0.05, 0.1) is 16.3 Å². The second-order valence-corrected chi connectivity index (χ2v) is 9.90. The third kappa shape index (κ3) is 6.07. The van der Waals surface area contributed by atoms with Crippen molar-refractivity contribution in [2.24, 2.45) is 0 Å². The number of pyridine rings is 1. The molecule has 1 fully saturated rings. The summed E-state index contributed by atoms with van der Waals surface area (Å²) < 4.78 is 11.5. The molecule has 2 aromatic rings. The zero-order chi connectivity index (χ0) is 24.9. The van der Waals surface area contributed by atoms with Gasteiger partial charge in [-0.1, -0.05) is 36.5 Å². The molecule has 1 N–H and O–H groups in total. The zero-order valence-electron chi connectivity index (χ0n) is 19.1. The molecule has 1 aromatic heterocycles. The SMILES string of the molecule is CC(=O)Cc1cc2c(cc1-c1cccc(/C=C3\SC(=S)N(CCCCCC(=O)O)C3=O)n1)OCO2. The molecule has 35 heavy (non-hydrogen) atoms. The van der Waals surface area contributed by atoms with Crippen LogP contribution in [0.2, 0.25) is 0 Å². The Balaban J connectivity index is 1.52. The average Bonchev–Trinajstić information content (AvgIpc) is 3.36. The number of Topliss-reactive ketones (excluding diaryl/α,β-unsaturated/α-hetero) is 1. The van der Waals surface area contributed by atoms with E-state index in [2.05, 4.69) is 0 Å². The summed E-state index contributed by atoms with van der Waals surface area (Å²) in [5.74, 6) is 0.234. The zero-order valence-corrected chi connectivity index (χ0v) is 20.7. The maximum absolute atomic E-state index is 12.9. The molecule has 1 amide bonds. The maximum atomic E-state index is 12.9. The molecule has 0 bridgehead atoms. The van der Waals surface area contributed by atoms with E-state index in [0.717, 1.165) is 11.1 Å². The standard InChI is InChI=1S/C25H24N2O6S2/c1-15(28)10-16-11-20-21(33-14-32-20)13-18(16)19-7-5-6-17(26-19)12-22-24(31)27(25(34)35-22)9-4-2-3-8-23(29)30/h5-7,11-13H,2-4,8-10,14H2,1H3,(H,29,30)/b22-12-. The van der Waals surface area contributed by atoms with E-state index in [1.54, 1.807) is 17.0 Å². The Morgan fingerprint density at radius 3 is 2.71 bits per heavy atom. The molecule has 0 aliphatic carbocycles. The number of hydrogen-bond acceptors (Lipinski definition) is 8. The van der Waals surface area contributed by atoms with Gasteiger partial charge in [-0.05, 0) is 55.7 Å². The monoisotopic (exact) mass is 512 g/mol. The van der Waals surface area contributed by atoms with Crippen molar-refractivity contribution in [1.29, 1.82) is 0 Å². The van der Waals surface area contributed by atoms with Crippen LogP contribution in [-0.2, 0) is 20.8 Å². The lowest BCUT2D eigenvalue weighted by molar-refractivity contribution is -0.137. The topological polar surface area (TPSA) is 106 Å². The van der Waals surface area contributed by atoms with Crippen LogP contribution >= 0.6 is 24.0 Å². The Bertz CT molecular complexity index is 1230. The number of thiocarbonyl (C=S) groups is 1. The molecule has 182 valence electrons. The van der Waals surface area contributed by atoms with Gasteiger partial charge in [0.25, 0.3) is 5.91 Å². The Labute approximate surface area is 212 Å². The van der Waals surface area contributed by atoms with Crippen molar-refractivity contribution in [2.45, 2.75) is 39.0 Å². The van der Waals surface area contributed by atoms with Crippen molar-refractivity contribution in [1.82, 2.24) is 9.88 Å². The van der Waals surface area contributed by atoms with Gasteiger partial charge in [0.15, 0.2) is 11.5 Å². The summed E-state index contributed by atoms with van der Waals surface area (Å²) in [7, 11) is 0. The van der Waals surface area contributed by atoms with Gasteiger partial charge in [-0.15, -0.1) is 0 Å². The number of nitrogens with zero attached hydrogens (tertiary/aromatic N) is 2. The smallest absolute Gasteiger partial charge is 0.303 e. The normalized spacial score (nSPS) is 15.8. The van der Waals surface area contributed by atoms with Crippen LogP contribution in [0.15, 0.2) is 35.2 Å². The van der Waals surface area contributed by atoms with E-state index in [0.29, 0.717) is 57.9 Å². The van der Waals surface area contributed by atoms with E-state index in [4.69, 9.17) is 31.8 Å². The molecule has 0 radical (unpaired) electrons. The summed E-state index contributed by atoms with van der Waals surface area (Å²) in [4.78, 5) is 42.2. The third-order valence-electron chi connectivity index (χ3n) is 5.51. The van der Waals surface area contributed by atoms with Crippen LogP contribution in [0.1, 0.15) is 43.9 Å². The fourth-order valence-corrected chi connectivity index (χ4v) is 5.16. The lowest BCUT2D eigenvalue weighted by Crippen LogP contribution is -2.29. The van der Waals surface area contributed by atoms with E-state index in [1.807, 2.05) is 24.3 Å². The second kappa shape index (κ2) is 11.0.